The van der Waals surface area contributed by atoms with Gasteiger partial charge in [-0.2, -0.15) is 10.1 Å². The Kier molecular flexibility index (Phi) is 6.34. The molecule has 1 amide bonds. The molecule has 8 nitrogen and oxygen atoms in total. The zero-order chi connectivity index (χ0) is 24.5. The van der Waals surface area contributed by atoms with E-state index in [1.807, 2.05) is 30.1 Å². The number of H-pyrrole nitrogens is 1. The second-order valence-corrected chi connectivity index (χ2v) is 10.5. The van der Waals surface area contributed by atoms with Gasteiger partial charge in [0.15, 0.2) is 5.82 Å². The standard InChI is InChI=1S/C28H35N7O/c1-34(18-19-9-3-2-4-10-19)27(36)24-15-8-16-35(24)28-29-22-14-7-13-21(22)26(31-28)30-25-17-23(32-33-25)20-11-5-6-12-20/h2-4,9-10,17,20,24H,5-8,11-16,18H2,1H3,(H2,29,30,31,32,33)/t24-/m0/s1. The largest absolute Gasteiger partial charge is 0.340 e. The zero-order valence-corrected chi connectivity index (χ0v) is 21.0. The first-order valence-electron chi connectivity index (χ1n) is 13.4. The average molecular weight is 486 g/mol. The summed E-state index contributed by atoms with van der Waals surface area (Å²) in [7, 11) is 1.89. The summed E-state index contributed by atoms with van der Waals surface area (Å²) in [5.74, 6) is 3.03. The summed E-state index contributed by atoms with van der Waals surface area (Å²) in [4.78, 5) is 27.4. The van der Waals surface area contributed by atoms with E-state index in [1.165, 1.54) is 36.9 Å². The second kappa shape index (κ2) is 9.91. The van der Waals surface area contributed by atoms with Crippen molar-refractivity contribution in [2.24, 2.45) is 0 Å². The zero-order valence-electron chi connectivity index (χ0n) is 21.0. The maximum absolute atomic E-state index is 13.5. The van der Waals surface area contributed by atoms with Crippen LogP contribution >= 0.6 is 0 Å². The molecule has 1 aliphatic heterocycles. The van der Waals surface area contributed by atoms with Gasteiger partial charge >= 0.3 is 0 Å². The number of carbonyl (C=O) groups excluding carboxylic acids is 1. The number of likely N-dealkylation sites (N-methyl/N-ethyl adjacent to an activating group) is 1. The van der Waals surface area contributed by atoms with Crippen LogP contribution in [0.1, 0.15) is 73.4 Å². The fraction of sp³-hybridized carbons (Fsp3) is 0.500. The number of anilines is 3. The highest BCUT2D eigenvalue weighted by atomic mass is 16.2. The van der Waals surface area contributed by atoms with Crippen LogP contribution in [-0.2, 0) is 24.2 Å². The number of nitrogens with one attached hydrogen (secondary N) is 2. The van der Waals surface area contributed by atoms with E-state index in [4.69, 9.17) is 9.97 Å². The lowest BCUT2D eigenvalue weighted by atomic mass is 10.0. The summed E-state index contributed by atoms with van der Waals surface area (Å²) in [5.41, 5.74) is 4.64. The smallest absolute Gasteiger partial charge is 0.245 e. The molecule has 1 atom stereocenters. The normalized spacial score (nSPS) is 19.6. The van der Waals surface area contributed by atoms with E-state index in [9.17, 15) is 4.79 Å². The Morgan fingerprint density at radius 1 is 1.08 bits per heavy atom. The van der Waals surface area contributed by atoms with Crippen molar-refractivity contribution in [3.63, 3.8) is 0 Å². The van der Waals surface area contributed by atoms with E-state index < -0.39 is 0 Å². The number of aromatic nitrogens is 4. The molecule has 1 saturated heterocycles. The molecule has 2 fully saturated rings. The Morgan fingerprint density at radius 2 is 1.92 bits per heavy atom. The number of carbonyl (C=O) groups is 1. The second-order valence-electron chi connectivity index (χ2n) is 10.5. The van der Waals surface area contributed by atoms with Gasteiger partial charge in [0.25, 0.3) is 0 Å². The SMILES string of the molecule is CN(Cc1ccccc1)C(=O)[C@@H]1CCCN1c1nc2c(c(Nc3cc(C4CCCC4)[nH]n3)n1)CCC2. The number of benzene rings is 1. The molecule has 3 heterocycles. The molecule has 6 rings (SSSR count). The number of hydrogen-bond donors (Lipinski definition) is 2. The van der Waals surface area contributed by atoms with Crippen LogP contribution in [0, 0.1) is 0 Å². The molecule has 36 heavy (non-hydrogen) atoms. The first-order valence-corrected chi connectivity index (χ1v) is 13.4. The molecule has 0 unspecified atom stereocenters. The van der Waals surface area contributed by atoms with Crippen LogP contribution in [0.15, 0.2) is 36.4 Å². The highest BCUT2D eigenvalue weighted by molar-refractivity contribution is 5.85. The van der Waals surface area contributed by atoms with Gasteiger partial charge in [0.2, 0.25) is 11.9 Å². The predicted molar refractivity (Wildman–Crippen MR) is 140 cm³/mol. The van der Waals surface area contributed by atoms with Gasteiger partial charge in [-0.05, 0) is 50.5 Å². The van der Waals surface area contributed by atoms with Crippen LogP contribution in [0.2, 0.25) is 0 Å². The van der Waals surface area contributed by atoms with Gasteiger partial charge in [0.1, 0.15) is 11.9 Å². The number of amides is 1. The molecular weight excluding hydrogens is 450 g/mol. The maximum Gasteiger partial charge on any atom is 0.245 e. The molecule has 8 heteroatoms. The van der Waals surface area contributed by atoms with Crippen molar-refractivity contribution in [2.45, 2.75) is 76.3 Å². The minimum Gasteiger partial charge on any atom is -0.340 e. The van der Waals surface area contributed by atoms with E-state index in [1.54, 1.807) is 0 Å². The summed E-state index contributed by atoms with van der Waals surface area (Å²) in [5, 5.41) is 11.3. The minimum absolute atomic E-state index is 0.128. The summed E-state index contributed by atoms with van der Waals surface area (Å²) in [6, 6.07) is 12.1. The van der Waals surface area contributed by atoms with Gasteiger partial charge in [0.05, 0.1) is 5.69 Å². The van der Waals surface area contributed by atoms with Crippen molar-refractivity contribution in [1.82, 2.24) is 25.1 Å². The van der Waals surface area contributed by atoms with Crippen LogP contribution < -0.4 is 10.2 Å². The van der Waals surface area contributed by atoms with Gasteiger partial charge in [-0.3, -0.25) is 9.89 Å². The predicted octanol–water partition coefficient (Wildman–Crippen LogP) is 4.72. The van der Waals surface area contributed by atoms with E-state index >= 15 is 0 Å². The van der Waals surface area contributed by atoms with E-state index in [0.29, 0.717) is 18.4 Å². The van der Waals surface area contributed by atoms with Crippen molar-refractivity contribution in [1.29, 1.82) is 0 Å². The maximum atomic E-state index is 13.5. The van der Waals surface area contributed by atoms with Crippen LogP contribution in [0.3, 0.4) is 0 Å². The molecule has 1 aromatic carbocycles. The number of fused-ring (bicyclic) bond motifs is 1. The number of hydrogen-bond acceptors (Lipinski definition) is 6. The van der Waals surface area contributed by atoms with Crippen LogP contribution in [0.4, 0.5) is 17.6 Å². The van der Waals surface area contributed by atoms with Gasteiger partial charge in [-0.1, -0.05) is 43.2 Å². The lowest BCUT2D eigenvalue weighted by Crippen LogP contribution is -2.44. The average Bonchev–Trinajstić information content (AvgIpc) is 3.70. The van der Waals surface area contributed by atoms with Crippen LogP contribution in [0.5, 0.6) is 0 Å². The Labute approximate surface area is 212 Å². The first-order chi connectivity index (χ1) is 17.7. The Bertz CT molecular complexity index is 1220. The van der Waals surface area contributed by atoms with Crippen molar-refractivity contribution >= 4 is 23.5 Å². The highest BCUT2D eigenvalue weighted by Crippen LogP contribution is 2.36. The minimum atomic E-state index is -0.231. The van der Waals surface area contributed by atoms with E-state index in [-0.39, 0.29) is 11.9 Å². The number of nitrogens with zero attached hydrogens (tertiary/aromatic N) is 5. The number of aryl methyl sites for hydroxylation is 1. The lowest BCUT2D eigenvalue weighted by Gasteiger charge is -2.28. The highest BCUT2D eigenvalue weighted by Gasteiger charge is 2.35. The van der Waals surface area contributed by atoms with E-state index in [0.717, 1.165) is 61.5 Å². The van der Waals surface area contributed by atoms with Crippen molar-refractivity contribution in [3.05, 3.63) is 58.9 Å². The quantitative estimate of drug-likeness (QED) is 0.503. The summed E-state index contributed by atoms with van der Waals surface area (Å²) in [6.07, 6.45) is 9.85. The summed E-state index contributed by atoms with van der Waals surface area (Å²) >= 11 is 0. The number of aromatic amines is 1. The summed E-state index contributed by atoms with van der Waals surface area (Å²) in [6.45, 7) is 1.40. The van der Waals surface area contributed by atoms with Gasteiger partial charge in [-0.25, -0.2) is 4.98 Å². The van der Waals surface area contributed by atoms with Crippen molar-refractivity contribution in [3.8, 4) is 0 Å². The monoisotopic (exact) mass is 485 g/mol. The molecule has 2 N–H and O–H groups in total. The molecule has 2 aromatic heterocycles. The Hall–Kier alpha value is -3.42. The molecule has 3 aliphatic rings. The van der Waals surface area contributed by atoms with Crippen molar-refractivity contribution in [2.75, 3.05) is 23.8 Å². The van der Waals surface area contributed by atoms with Gasteiger partial charge < -0.3 is 15.1 Å². The molecule has 0 spiro atoms. The Morgan fingerprint density at radius 3 is 2.75 bits per heavy atom. The van der Waals surface area contributed by atoms with E-state index in [2.05, 4.69) is 38.6 Å². The van der Waals surface area contributed by atoms with Gasteiger partial charge in [0, 0.05) is 43.4 Å². The molecular formula is C28H35N7O. The third-order valence-corrected chi connectivity index (χ3v) is 7.99. The lowest BCUT2D eigenvalue weighted by molar-refractivity contribution is -0.131. The fourth-order valence-electron chi connectivity index (χ4n) is 6.07. The van der Waals surface area contributed by atoms with Crippen LogP contribution in [0.25, 0.3) is 0 Å². The number of rotatable bonds is 7. The summed E-state index contributed by atoms with van der Waals surface area (Å²) < 4.78 is 0. The third kappa shape index (κ3) is 4.56. The Balaban J connectivity index is 1.23. The first kappa shape index (κ1) is 23.0. The molecule has 188 valence electrons. The van der Waals surface area contributed by atoms with Crippen molar-refractivity contribution < 1.29 is 4.79 Å². The fourth-order valence-corrected chi connectivity index (χ4v) is 6.07. The topological polar surface area (TPSA) is 90.0 Å². The molecule has 2 aliphatic carbocycles. The molecule has 3 aromatic rings. The molecule has 0 bridgehead atoms. The van der Waals surface area contributed by atoms with Gasteiger partial charge in [-0.15, -0.1) is 0 Å². The molecule has 0 radical (unpaired) electrons. The van der Waals surface area contributed by atoms with Crippen LogP contribution in [-0.4, -0.2) is 50.6 Å². The third-order valence-electron chi connectivity index (χ3n) is 7.99. The molecule has 1 saturated carbocycles.